The molecule has 3 heterocycles. The van der Waals surface area contributed by atoms with Crippen molar-refractivity contribution in [1.29, 1.82) is 0 Å². The molecule has 4 rings (SSSR count). The fourth-order valence-electron chi connectivity index (χ4n) is 4.00. The lowest BCUT2D eigenvalue weighted by Crippen LogP contribution is -2.44. The second kappa shape index (κ2) is 11.6. The second-order valence-corrected chi connectivity index (χ2v) is 14.1. The van der Waals surface area contributed by atoms with Gasteiger partial charge in [-0.2, -0.15) is 0 Å². The summed E-state index contributed by atoms with van der Waals surface area (Å²) in [6.07, 6.45) is -0.818. The van der Waals surface area contributed by atoms with Gasteiger partial charge in [0.1, 0.15) is 41.4 Å². The molecule has 0 spiro atoms. The number of nitrogens with zero attached hydrogens (tertiary/aromatic N) is 4. The molecule has 1 aliphatic rings. The Balaban J connectivity index is 1.51. The highest BCUT2D eigenvalue weighted by Gasteiger charge is 2.54. The van der Waals surface area contributed by atoms with Gasteiger partial charge < -0.3 is 34.5 Å². The quantitative estimate of drug-likeness (QED) is 0.199. The highest BCUT2D eigenvalue weighted by atomic mass is 32.5. The molecule has 0 saturated carbocycles. The third kappa shape index (κ3) is 6.77. The number of aromatic nitrogens is 4. The number of aliphatic hydroxyl groups is 2. The molecule has 3 aromatic rings. The van der Waals surface area contributed by atoms with Gasteiger partial charge in [0.15, 0.2) is 17.7 Å². The van der Waals surface area contributed by atoms with Crippen LogP contribution in [-0.4, -0.2) is 72.8 Å². The average Bonchev–Trinajstić information content (AvgIpc) is 3.40. The number of hydrogen-bond donors (Lipinski definition) is 4. The molecule has 6 atom stereocenters. The lowest BCUT2D eigenvalue weighted by molar-refractivity contribution is -0.148. The first-order chi connectivity index (χ1) is 18.7. The van der Waals surface area contributed by atoms with E-state index in [0.29, 0.717) is 16.9 Å². The van der Waals surface area contributed by atoms with E-state index in [2.05, 4.69) is 20.0 Å². The van der Waals surface area contributed by atoms with Gasteiger partial charge in [-0.15, -0.1) is 0 Å². The maximum atomic E-state index is 12.7. The van der Waals surface area contributed by atoms with Crippen molar-refractivity contribution in [2.75, 3.05) is 18.9 Å². The zero-order chi connectivity index (χ0) is 29.3. The maximum absolute atomic E-state index is 12.7. The molecular weight excluding hydrogens is 559 g/mol. The van der Waals surface area contributed by atoms with E-state index in [9.17, 15) is 15.0 Å². The molecule has 218 valence electrons. The molecule has 13 nitrogen and oxygen atoms in total. The first-order valence-corrected chi connectivity index (χ1v) is 15.3. The van der Waals surface area contributed by atoms with Gasteiger partial charge in [0.2, 0.25) is 0 Å². The van der Waals surface area contributed by atoms with Crippen LogP contribution >= 0.6 is 6.64 Å². The molecule has 5 N–H and O–H groups in total. The Labute approximate surface area is 237 Å². The number of fused-ring (bicyclic) bond motifs is 1. The Morgan fingerprint density at radius 1 is 1.30 bits per heavy atom. The summed E-state index contributed by atoms with van der Waals surface area (Å²) in [5.41, 5.74) is 4.57. The number of carbonyl (C=O) groups excluding carboxylic acids is 1. The van der Waals surface area contributed by atoms with Gasteiger partial charge in [0.25, 0.3) is 0 Å². The van der Waals surface area contributed by atoms with Crippen molar-refractivity contribution in [3.8, 4) is 5.75 Å². The lowest BCUT2D eigenvalue weighted by atomic mass is 9.96. The van der Waals surface area contributed by atoms with Crippen molar-refractivity contribution in [3.63, 3.8) is 0 Å². The minimum absolute atomic E-state index is 0.168. The van der Waals surface area contributed by atoms with E-state index in [1.165, 1.54) is 24.1 Å². The molecule has 1 fully saturated rings. The second-order valence-electron chi connectivity index (χ2n) is 11.0. The molecule has 0 radical (unpaired) electrons. The fourth-order valence-corrected chi connectivity index (χ4v) is 6.42. The van der Waals surface area contributed by atoms with Crippen molar-refractivity contribution >= 4 is 41.4 Å². The predicted octanol–water partition coefficient (Wildman–Crippen LogP) is 2.31. The summed E-state index contributed by atoms with van der Waals surface area (Å²) in [6.45, 7) is 5.44. The zero-order valence-corrected chi connectivity index (χ0v) is 24.6. The molecule has 0 aliphatic carbocycles. The van der Waals surface area contributed by atoms with E-state index in [1.807, 2.05) is 26.8 Å². The van der Waals surface area contributed by atoms with Gasteiger partial charge in [-0.25, -0.2) is 20.0 Å². The Hall–Kier alpha value is -2.71. The van der Waals surface area contributed by atoms with E-state index < -0.39 is 42.7 Å². The highest BCUT2D eigenvalue weighted by molar-refractivity contribution is 8.09. The largest absolute Gasteiger partial charge is 0.464 e. The monoisotopic (exact) mass is 594 g/mol. The van der Waals surface area contributed by atoms with Crippen LogP contribution in [0.1, 0.15) is 40.8 Å². The van der Waals surface area contributed by atoms with Gasteiger partial charge in [0, 0.05) is 0 Å². The fraction of sp³-hybridized carbons (Fsp3) is 0.520. The van der Waals surface area contributed by atoms with Crippen LogP contribution in [0.4, 0.5) is 5.82 Å². The number of aliphatic hydroxyl groups excluding tert-OH is 1. The van der Waals surface area contributed by atoms with E-state index >= 15 is 0 Å². The number of nitrogen functional groups attached to an aromatic ring is 1. The van der Waals surface area contributed by atoms with Crippen LogP contribution < -0.4 is 15.3 Å². The zero-order valence-electron chi connectivity index (χ0n) is 22.9. The van der Waals surface area contributed by atoms with Crippen LogP contribution in [-0.2, 0) is 30.6 Å². The molecule has 40 heavy (non-hydrogen) atoms. The SMILES string of the molecule is CC(NP(=S)(OC[C@H]1O[C@@H](n2cnc3c(N)ncnc32)[C@](C)(O)[C@@H]1O)Oc1ccccc1)C(=O)OCC(C)(C)C. The number of nitrogens with one attached hydrogen (secondary N) is 1. The summed E-state index contributed by atoms with van der Waals surface area (Å²) in [6, 6.07) is 7.91. The number of esters is 1. The van der Waals surface area contributed by atoms with Crippen molar-refractivity contribution in [2.24, 2.45) is 5.41 Å². The Bertz CT molecular complexity index is 1380. The number of ether oxygens (including phenoxy) is 2. The summed E-state index contributed by atoms with van der Waals surface area (Å²) in [5.74, 6) is 0.0770. The number of carbonyl (C=O) groups is 1. The molecule has 2 aromatic heterocycles. The van der Waals surface area contributed by atoms with Gasteiger partial charge >= 0.3 is 12.6 Å². The van der Waals surface area contributed by atoms with Crippen LogP contribution in [0.2, 0.25) is 0 Å². The molecule has 0 bridgehead atoms. The third-order valence-electron chi connectivity index (χ3n) is 6.12. The van der Waals surface area contributed by atoms with Gasteiger partial charge in [-0.05, 0) is 43.2 Å². The number of nitrogens with two attached hydrogens (primary N) is 1. The molecule has 1 aliphatic heterocycles. The van der Waals surface area contributed by atoms with Crippen LogP contribution in [0, 0.1) is 5.41 Å². The minimum Gasteiger partial charge on any atom is -0.464 e. The molecular formula is C25H35N6O7PS. The minimum atomic E-state index is -3.41. The number of rotatable bonds is 10. The highest BCUT2D eigenvalue weighted by Crippen LogP contribution is 2.47. The summed E-state index contributed by atoms with van der Waals surface area (Å²) in [7, 11) is 0. The Morgan fingerprint density at radius 3 is 2.67 bits per heavy atom. The summed E-state index contributed by atoms with van der Waals surface area (Å²) < 4.78 is 25.0. The number of imidazole rings is 1. The Morgan fingerprint density at radius 2 is 2.00 bits per heavy atom. The van der Waals surface area contributed by atoms with Gasteiger partial charge in [-0.1, -0.05) is 39.0 Å². The van der Waals surface area contributed by atoms with Crippen molar-refractivity contribution in [2.45, 2.75) is 64.7 Å². The topological polar surface area (TPSA) is 176 Å². The van der Waals surface area contributed by atoms with Crippen LogP contribution in [0.25, 0.3) is 11.2 Å². The van der Waals surface area contributed by atoms with Crippen molar-refractivity contribution in [1.82, 2.24) is 24.6 Å². The van der Waals surface area contributed by atoms with Crippen LogP contribution in [0.15, 0.2) is 43.0 Å². The molecule has 0 amide bonds. The van der Waals surface area contributed by atoms with E-state index in [1.54, 1.807) is 31.2 Å². The first-order valence-electron chi connectivity index (χ1n) is 12.6. The summed E-state index contributed by atoms with van der Waals surface area (Å²) in [4.78, 5) is 25.0. The van der Waals surface area contributed by atoms with E-state index in [-0.39, 0.29) is 24.4 Å². The molecule has 1 aromatic carbocycles. The van der Waals surface area contributed by atoms with Crippen LogP contribution in [0.3, 0.4) is 0 Å². The first kappa shape index (κ1) is 30.3. The van der Waals surface area contributed by atoms with Crippen molar-refractivity contribution in [3.05, 3.63) is 43.0 Å². The molecule has 1 saturated heterocycles. The summed E-state index contributed by atoms with van der Waals surface area (Å²) >= 11 is 5.76. The standard InChI is InChI=1S/C25H35N6O7PS/c1-15(22(33)35-12-24(2,3)4)30-39(40,38-16-9-7-6-8-10-16)36-11-17-19(32)25(5,34)23(37-17)31-14-29-18-20(26)27-13-28-21(18)31/h6-10,13-15,17,19,23,32,34H,11-12H2,1-5H3,(H,30,40)(H2,26,27,28)/t15?,17-,19-,23-,25-,39?/m1/s1. The maximum Gasteiger partial charge on any atom is 0.323 e. The average molecular weight is 595 g/mol. The summed E-state index contributed by atoms with van der Waals surface area (Å²) in [5, 5.41) is 25.2. The normalized spacial score (nSPS) is 25.4. The van der Waals surface area contributed by atoms with Crippen LogP contribution in [0.5, 0.6) is 5.75 Å². The number of hydrogen-bond acceptors (Lipinski definition) is 12. The molecule has 15 heteroatoms. The number of anilines is 1. The van der Waals surface area contributed by atoms with E-state index in [0.717, 1.165) is 0 Å². The number of para-hydroxylation sites is 1. The Kier molecular flexibility index (Phi) is 8.81. The molecule has 2 unspecified atom stereocenters. The van der Waals surface area contributed by atoms with E-state index in [4.69, 9.17) is 36.1 Å². The number of benzene rings is 1. The van der Waals surface area contributed by atoms with Crippen molar-refractivity contribution < 1.29 is 33.5 Å². The van der Waals surface area contributed by atoms with Gasteiger partial charge in [-0.3, -0.25) is 9.36 Å². The predicted molar refractivity (Wildman–Crippen MR) is 151 cm³/mol. The lowest BCUT2D eigenvalue weighted by Gasteiger charge is -2.29. The third-order valence-corrected chi connectivity index (χ3v) is 8.62. The van der Waals surface area contributed by atoms with Gasteiger partial charge in [0.05, 0.1) is 19.5 Å². The smallest absolute Gasteiger partial charge is 0.323 e.